The quantitative estimate of drug-likeness (QED) is 0.569. The molecule has 2 N–H and O–H groups in total. The Labute approximate surface area is 119 Å². The van der Waals surface area contributed by atoms with Gasteiger partial charge in [-0.25, -0.2) is 0 Å². The number of benzene rings is 1. The molecule has 19 heavy (non-hydrogen) atoms. The van der Waals surface area contributed by atoms with Crippen LogP contribution in [0.3, 0.4) is 0 Å². The predicted octanol–water partition coefficient (Wildman–Crippen LogP) is 2.69. The number of thioether (sulfide) groups is 1. The predicted molar refractivity (Wildman–Crippen MR) is 80.3 cm³/mol. The maximum atomic E-state index is 11.5. The SMILES string of the molecule is CC(C)C(O)CNC(=O)CCCSc1ccccc1. The molecule has 0 heterocycles. The van der Waals surface area contributed by atoms with Crippen LogP contribution in [0.1, 0.15) is 26.7 Å². The molecule has 1 aromatic carbocycles. The van der Waals surface area contributed by atoms with Gasteiger partial charge in [-0.2, -0.15) is 0 Å². The normalized spacial score (nSPS) is 12.4. The Morgan fingerprint density at radius 1 is 1.32 bits per heavy atom. The lowest BCUT2D eigenvalue weighted by atomic mass is 10.1. The summed E-state index contributed by atoms with van der Waals surface area (Å²) in [5.74, 6) is 1.13. The minimum Gasteiger partial charge on any atom is -0.391 e. The summed E-state index contributed by atoms with van der Waals surface area (Å²) in [6.07, 6.45) is 0.913. The summed E-state index contributed by atoms with van der Waals surface area (Å²) >= 11 is 1.76. The second kappa shape index (κ2) is 8.99. The van der Waals surface area contributed by atoms with Crippen molar-refractivity contribution < 1.29 is 9.90 Å². The third-order valence-corrected chi connectivity index (χ3v) is 3.94. The monoisotopic (exact) mass is 281 g/mol. The second-order valence-corrected chi connectivity index (χ2v) is 6.05. The largest absolute Gasteiger partial charge is 0.391 e. The number of rotatable bonds is 8. The number of hydrogen-bond donors (Lipinski definition) is 2. The van der Waals surface area contributed by atoms with Crippen LogP contribution in [0.4, 0.5) is 0 Å². The van der Waals surface area contributed by atoms with Gasteiger partial charge in [-0.3, -0.25) is 4.79 Å². The fourth-order valence-electron chi connectivity index (χ4n) is 1.48. The Morgan fingerprint density at radius 2 is 2.00 bits per heavy atom. The van der Waals surface area contributed by atoms with E-state index in [9.17, 15) is 9.90 Å². The fourth-order valence-corrected chi connectivity index (χ4v) is 2.36. The number of carbonyl (C=O) groups is 1. The van der Waals surface area contributed by atoms with Gasteiger partial charge in [0, 0.05) is 17.9 Å². The highest BCUT2D eigenvalue weighted by atomic mass is 32.2. The molecule has 1 unspecified atom stereocenters. The molecule has 0 aliphatic rings. The molecule has 0 saturated carbocycles. The van der Waals surface area contributed by atoms with Crippen molar-refractivity contribution in [2.45, 2.75) is 37.7 Å². The van der Waals surface area contributed by atoms with Crippen LogP contribution in [0.25, 0.3) is 0 Å². The molecule has 0 fully saturated rings. The molecule has 0 saturated heterocycles. The first-order chi connectivity index (χ1) is 9.09. The van der Waals surface area contributed by atoms with Crippen molar-refractivity contribution in [3.05, 3.63) is 30.3 Å². The van der Waals surface area contributed by atoms with E-state index in [0.717, 1.165) is 12.2 Å². The molecule has 0 aliphatic heterocycles. The number of hydrogen-bond acceptors (Lipinski definition) is 3. The van der Waals surface area contributed by atoms with Crippen molar-refractivity contribution >= 4 is 17.7 Å². The van der Waals surface area contributed by atoms with Crippen LogP contribution in [-0.4, -0.2) is 29.4 Å². The van der Waals surface area contributed by atoms with Gasteiger partial charge in [0.1, 0.15) is 0 Å². The van der Waals surface area contributed by atoms with E-state index in [2.05, 4.69) is 17.4 Å². The number of carbonyl (C=O) groups excluding carboxylic acids is 1. The van der Waals surface area contributed by atoms with E-state index in [-0.39, 0.29) is 11.8 Å². The molecular formula is C15H23NO2S. The molecule has 3 nitrogen and oxygen atoms in total. The molecule has 106 valence electrons. The number of nitrogens with one attached hydrogen (secondary N) is 1. The molecule has 1 atom stereocenters. The van der Waals surface area contributed by atoms with Crippen LogP contribution in [0.5, 0.6) is 0 Å². The molecule has 4 heteroatoms. The van der Waals surface area contributed by atoms with Crippen molar-refractivity contribution in [2.24, 2.45) is 5.92 Å². The standard InChI is InChI=1S/C15H23NO2S/c1-12(2)14(17)11-16-15(18)9-6-10-19-13-7-4-3-5-8-13/h3-5,7-8,12,14,17H,6,9-11H2,1-2H3,(H,16,18). The highest BCUT2D eigenvalue weighted by Gasteiger charge is 2.10. The molecule has 0 aromatic heterocycles. The fraction of sp³-hybridized carbons (Fsp3) is 0.533. The Balaban J connectivity index is 2.08. The molecular weight excluding hydrogens is 258 g/mol. The first kappa shape index (κ1) is 16.1. The van der Waals surface area contributed by atoms with Crippen molar-refractivity contribution in [3.63, 3.8) is 0 Å². The maximum Gasteiger partial charge on any atom is 0.220 e. The van der Waals surface area contributed by atoms with Gasteiger partial charge in [-0.15, -0.1) is 11.8 Å². The van der Waals surface area contributed by atoms with Crippen LogP contribution in [0.2, 0.25) is 0 Å². The molecule has 1 aromatic rings. The average Bonchev–Trinajstić information content (AvgIpc) is 2.42. The first-order valence-electron chi connectivity index (χ1n) is 6.72. The number of amides is 1. The Bertz CT molecular complexity index is 368. The summed E-state index contributed by atoms with van der Waals surface area (Å²) in [6, 6.07) is 10.2. The zero-order chi connectivity index (χ0) is 14.1. The van der Waals surface area contributed by atoms with E-state index in [1.807, 2.05) is 32.0 Å². The summed E-state index contributed by atoms with van der Waals surface area (Å²) in [7, 11) is 0. The lowest BCUT2D eigenvalue weighted by Crippen LogP contribution is -2.34. The summed E-state index contributed by atoms with van der Waals surface area (Å²) in [4.78, 5) is 12.8. The summed E-state index contributed by atoms with van der Waals surface area (Å²) in [5.41, 5.74) is 0. The third kappa shape index (κ3) is 7.23. The van der Waals surface area contributed by atoms with Crippen molar-refractivity contribution in [1.29, 1.82) is 0 Å². The van der Waals surface area contributed by atoms with E-state index >= 15 is 0 Å². The maximum absolute atomic E-state index is 11.5. The van der Waals surface area contributed by atoms with Gasteiger partial charge in [0.25, 0.3) is 0 Å². The van der Waals surface area contributed by atoms with Gasteiger partial charge in [-0.1, -0.05) is 32.0 Å². The van der Waals surface area contributed by atoms with E-state index in [1.165, 1.54) is 4.90 Å². The molecule has 0 radical (unpaired) electrons. The zero-order valence-electron chi connectivity index (χ0n) is 11.6. The molecule has 0 bridgehead atoms. The summed E-state index contributed by atoms with van der Waals surface area (Å²) < 4.78 is 0. The van der Waals surface area contributed by atoms with Crippen LogP contribution < -0.4 is 5.32 Å². The van der Waals surface area contributed by atoms with Gasteiger partial charge < -0.3 is 10.4 Å². The van der Waals surface area contributed by atoms with Gasteiger partial charge in [0.05, 0.1) is 6.10 Å². The van der Waals surface area contributed by atoms with Crippen molar-refractivity contribution in [3.8, 4) is 0 Å². The molecule has 0 aliphatic carbocycles. The lowest BCUT2D eigenvalue weighted by Gasteiger charge is -2.14. The van der Waals surface area contributed by atoms with E-state index in [0.29, 0.717) is 13.0 Å². The lowest BCUT2D eigenvalue weighted by molar-refractivity contribution is -0.121. The minimum atomic E-state index is -0.456. The van der Waals surface area contributed by atoms with Crippen LogP contribution in [0, 0.1) is 5.92 Å². The van der Waals surface area contributed by atoms with Gasteiger partial charge in [0.2, 0.25) is 5.91 Å². The topological polar surface area (TPSA) is 49.3 Å². The van der Waals surface area contributed by atoms with Crippen molar-refractivity contribution in [2.75, 3.05) is 12.3 Å². The highest BCUT2D eigenvalue weighted by molar-refractivity contribution is 7.99. The van der Waals surface area contributed by atoms with Gasteiger partial charge >= 0.3 is 0 Å². The highest BCUT2D eigenvalue weighted by Crippen LogP contribution is 2.18. The van der Waals surface area contributed by atoms with Crippen LogP contribution in [0.15, 0.2) is 35.2 Å². The molecule has 1 rings (SSSR count). The molecule has 0 spiro atoms. The average molecular weight is 281 g/mol. The number of aliphatic hydroxyl groups excluding tert-OH is 1. The first-order valence-corrected chi connectivity index (χ1v) is 7.70. The second-order valence-electron chi connectivity index (χ2n) is 4.88. The minimum absolute atomic E-state index is 0.0216. The van der Waals surface area contributed by atoms with E-state index < -0.39 is 6.10 Å². The van der Waals surface area contributed by atoms with Gasteiger partial charge in [0.15, 0.2) is 0 Å². The van der Waals surface area contributed by atoms with Crippen molar-refractivity contribution in [1.82, 2.24) is 5.32 Å². The zero-order valence-corrected chi connectivity index (χ0v) is 12.5. The smallest absolute Gasteiger partial charge is 0.220 e. The van der Waals surface area contributed by atoms with Gasteiger partial charge in [-0.05, 0) is 30.2 Å². The summed E-state index contributed by atoms with van der Waals surface area (Å²) in [5, 5.41) is 12.3. The number of aliphatic hydroxyl groups is 1. The Hall–Kier alpha value is -1.00. The van der Waals surface area contributed by atoms with Crippen LogP contribution in [-0.2, 0) is 4.79 Å². The Kier molecular flexibility index (Phi) is 7.60. The van der Waals surface area contributed by atoms with E-state index in [4.69, 9.17) is 0 Å². The Morgan fingerprint density at radius 3 is 2.63 bits per heavy atom. The van der Waals surface area contributed by atoms with Crippen LogP contribution >= 0.6 is 11.8 Å². The third-order valence-electron chi connectivity index (χ3n) is 2.84. The molecule has 1 amide bonds. The summed E-state index contributed by atoms with van der Waals surface area (Å²) in [6.45, 7) is 4.23. The van der Waals surface area contributed by atoms with E-state index in [1.54, 1.807) is 11.8 Å².